The van der Waals surface area contributed by atoms with Crippen molar-refractivity contribution >= 4 is 37.3 Å². The van der Waals surface area contributed by atoms with Crippen molar-refractivity contribution in [3.05, 3.63) is 28.2 Å². The number of aromatic nitrogens is 1. The first-order valence-corrected chi connectivity index (χ1v) is 8.45. The summed E-state index contributed by atoms with van der Waals surface area (Å²) in [5.74, 6) is -0.111. The zero-order valence-corrected chi connectivity index (χ0v) is 14.7. The molecule has 4 nitrogen and oxygen atoms in total. The molecule has 0 saturated carbocycles. The SMILES string of the molecule is CC(C)(C#N)SC[C@](C)(N[Si]=O)c1nc(Br)ccc1F. The summed E-state index contributed by atoms with van der Waals surface area (Å²) < 4.78 is 24.9. The zero-order chi connectivity index (χ0) is 15.4. The van der Waals surface area contributed by atoms with Gasteiger partial charge in [0.15, 0.2) is 0 Å². The van der Waals surface area contributed by atoms with E-state index in [0.717, 1.165) is 0 Å². The molecule has 0 aromatic carbocycles. The van der Waals surface area contributed by atoms with Crippen molar-refractivity contribution in [3.63, 3.8) is 0 Å². The fourth-order valence-electron chi connectivity index (χ4n) is 1.44. The second-order valence-electron chi connectivity index (χ2n) is 4.93. The number of nitriles is 1. The minimum absolute atomic E-state index is 0.177. The number of halogens is 2. The monoisotopic (exact) mass is 374 g/mol. The molecule has 0 saturated heterocycles. The van der Waals surface area contributed by atoms with Crippen LogP contribution in [0.4, 0.5) is 4.39 Å². The summed E-state index contributed by atoms with van der Waals surface area (Å²) in [4.78, 5) is 6.90. The molecule has 0 spiro atoms. The second-order valence-corrected chi connectivity index (χ2v) is 7.80. The third kappa shape index (κ3) is 4.36. The van der Waals surface area contributed by atoms with Crippen LogP contribution in [0.2, 0.25) is 0 Å². The Bertz CT molecular complexity index is 552. The van der Waals surface area contributed by atoms with Gasteiger partial charge in [-0.1, -0.05) is 0 Å². The van der Waals surface area contributed by atoms with Crippen molar-refractivity contribution in [2.45, 2.75) is 31.1 Å². The van der Waals surface area contributed by atoms with E-state index in [1.165, 1.54) is 23.9 Å². The van der Waals surface area contributed by atoms with Gasteiger partial charge < -0.3 is 9.44 Å². The van der Waals surface area contributed by atoms with E-state index in [2.05, 4.69) is 32.0 Å². The summed E-state index contributed by atoms with van der Waals surface area (Å²) in [5.41, 5.74) is -0.746. The lowest BCUT2D eigenvalue weighted by Gasteiger charge is -2.30. The molecule has 107 valence electrons. The lowest BCUT2D eigenvalue weighted by Crippen LogP contribution is -2.44. The highest BCUT2D eigenvalue weighted by molar-refractivity contribution is 9.10. The molecular weight excluding hydrogens is 361 g/mol. The molecule has 1 radical (unpaired) electrons. The summed E-state index contributed by atoms with van der Waals surface area (Å²) >= 11 is 4.56. The van der Waals surface area contributed by atoms with Crippen molar-refractivity contribution in [2.24, 2.45) is 0 Å². The fourth-order valence-corrected chi connectivity index (χ4v) is 3.23. The van der Waals surface area contributed by atoms with E-state index < -0.39 is 25.7 Å². The Labute approximate surface area is 132 Å². The molecule has 1 N–H and O–H groups in total. The number of hydrogen-bond donors (Lipinski definition) is 1. The molecular formula is C12H14BrFN3OSSi. The lowest BCUT2D eigenvalue weighted by atomic mass is 10.0. The minimum Gasteiger partial charge on any atom is -0.376 e. The highest BCUT2D eigenvalue weighted by Gasteiger charge is 2.34. The standard InChI is InChI=1S/C12H14BrFN3OSSi/c1-11(2,6-15)19-7-12(3,17-20-18)10-8(14)4-5-9(13)16-10/h4-5,17H,7H2,1-3H3/t12-/m0/s1. The molecule has 8 heteroatoms. The molecule has 20 heavy (non-hydrogen) atoms. The summed E-state index contributed by atoms with van der Waals surface area (Å²) in [6.07, 6.45) is 0. The van der Waals surface area contributed by atoms with Gasteiger partial charge in [-0.25, -0.2) is 9.37 Å². The highest BCUT2D eigenvalue weighted by atomic mass is 79.9. The van der Waals surface area contributed by atoms with Crippen molar-refractivity contribution in [1.29, 1.82) is 5.26 Å². The van der Waals surface area contributed by atoms with Crippen molar-refractivity contribution in [1.82, 2.24) is 9.97 Å². The van der Waals surface area contributed by atoms with Gasteiger partial charge in [-0.2, -0.15) is 5.26 Å². The average molecular weight is 375 g/mol. The number of thioether (sulfide) groups is 1. The maximum absolute atomic E-state index is 14.0. The van der Waals surface area contributed by atoms with Crippen LogP contribution in [0, 0.1) is 17.1 Å². The maximum Gasteiger partial charge on any atom is 0.464 e. The van der Waals surface area contributed by atoms with Gasteiger partial charge in [0, 0.05) is 5.75 Å². The Morgan fingerprint density at radius 1 is 1.55 bits per heavy atom. The zero-order valence-electron chi connectivity index (χ0n) is 11.3. The fraction of sp³-hybridized carbons (Fsp3) is 0.500. The van der Waals surface area contributed by atoms with Gasteiger partial charge in [-0.15, -0.1) is 11.8 Å². The Hall–Kier alpha value is -0.783. The molecule has 1 aromatic rings. The third-order valence-electron chi connectivity index (χ3n) is 2.65. The van der Waals surface area contributed by atoms with Gasteiger partial charge in [0.1, 0.15) is 16.1 Å². The molecule has 1 heterocycles. The van der Waals surface area contributed by atoms with Crippen LogP contribution in [0.5, 0.6) is 0 Å². The van der Waals surface area contributed by atoms with E-state index in [1.807, 2.05) is 0 Å². The van der Waals surface area contributed by atoms with Crippen molar-refractivity contribution < 1.29 is 8.85 Å². The lowest BCUT2D eigenvalue weighted by molar-refractivity contribution is 0.435. The molecule has 0 fully saturated rings. The molecule has 0 bridgehead atoms. The molecule has 1 aromatic heterocycles. The largest absolute Gasteiger partial charge is 0.464 e. The van der Waals surface area contributed by atoms with E-state index in [1.54, 1.807) is 20.8 Å². The molecule has 0 unspecified atom stereocenters. The number of rotatable bonds is 6. The van der Waals surface area contributed by atoms with Crippen molar-refractivity contribution in [2.75, 3.05) is 5.75 Å². The second kappa shape index (κ2) is 6.78. The van der Waals surface area contributed by atoms with Gasteiger partial charge in [0.25, 0.3) is 0 Å². The first-order chi connectivity index (χ1) is 9.24. The van der Waals surface area contributed by atoms with Crippen LogP contribution in [-0.4, -0.2) is 25.1 Å². The predicted octanol–water partition coefficient (Wildman–Crippen LogP) is 2.79. The highest BCUT2D eigenvalue weighted by Crippen LogP contribution is 2.32. The summed E-state index contributed by atoms with van der Waals surface area (Å²) in [6.45, 7) is 5.28. The number of nitrogens with zero attached hydrogens (tertiary/aromatic N) is 2. The average Bonchev–Trinajstić information content (AvgIpc) is 2.40. The Kier molecular flexibility index (Phi) is 5.86. The Morgan fingerprint density at radius 3 is 2.75 bits per heavy atom. The van der Waals surface area contributed by atoms with Crippen LogP contribution < -0.4 is 4.98 Å². The molecule has 1 rings (SSSR count). The normalized spacial score (nSPS) is 14.2. The topological polar surface area (TPSA) is 65.8 Å². The van der Waals surface area contributed by atoms with E-state index in [-0.39, 0.29) is 5.69 Å². The molecule has 0 aliphatic heterocycles. The van der Waals surface area contributed by atoms with E-state index >= 15 is 0 Å². The quantitative estimate of drug-likeness (QED) is 0.612. The molecule has 1 atom stereocenters. The van der Waals surface area contributed by atoms with Crippen molar-refractivity contribution in [3.8, 4) is 6.07 Å². The van der Waals surface area contributed by atoms with Gasteiger partial charge in [0.05, 0.1) is 16.4 Å². The summed E-state index contributed by atoms with van der Waals surface area (Å²) in [6, 6.07) is 4.98. The van der Waals surface area contributed by atoms with Crippen LogP contribution in [0.1, 0.15) is 26.5 Å². The predicted molar refractivity (Wildman–Crippen MR) is 81.0 cm³/mol. The van der Waals surface area contributed by atoms with Gasteiger partial charge in [0.2, 0.25) is 0 Å². The summed E-state index contributed by atoms with van der Waals surface area (Å²) in [5, 5.41) is 9.04. The Balaban J connectivity index is 3.11. The number of nitrogens with one attached hydrogen (secondary N) is 1. The van der Waals surface area contributed by atoms with Crippen LogP contribution in [0.15, 0.2) is 16.7 Å². The molecule has 0 amide bonds. The summed E-state index contributed by atoms with van der Waals surface area (Å²) in [7, 11) is -0.796. The molecule has 0 aliphatic rings. The maximum atomic E-state index is 14.0. The first-order valence-electron chi connectivity index (χ1n) is 5.76. The van der Waals surface area contributed by atoms with Crippen LogP contribution in [0.25, 0.3) is 0 Å². The Morgan fingerprint density at radius 2 is 2.20 bits per heavy atom. The number of hydrogen-bond acceptors (Lipinski definition) is 4. The minimum atomic E-state index is -0.924. The van der Waals surface area contributed by atoms with E-state index in [0.29, 0.717) is 10.4 Å². The van der Waals surface area contributed by atoms with Gasteiger partial charge in [-0.05, 0) is 48.8 Å². The third-order valence-corrected chi connectivity index (χ3v) is 5.28. The van der Waals surface area contributed by atoms with Crippen LogP contribution >= 0.6 is 27.7 Å². The molecule has 0 aliphatic carbocycles. The van der Waals surface area contributed by atoms with E-state index in [9.17, 15) is 8.85 Å². The van der Waals surface area contributed by atoms with Crippen LogP contribution in [0.3, 0.4) is 0 Å². The van der Waals surface area contributed by atoms with Gasteiger partial charge >= 0.3 is 9.57 Å². The van der Waals surface area contributed by atoms with E-state index in [4.69, 9.17) is 5.26 Å². The smallest absolute Gasteiger partial charge is 0.376 e. The van der Waals surface area contributed by atoms with Crippen LogP contribution in [-0.2, 0) is 10.0 Å². The van der Waals surface area contributed by atoms with Gasteiger partial charge in [-0.3, -0.25) is 0 Å². The first kappa shape index (κ1) is 17.3. The number of pyridine rings is 1.